The third kappa shape index (κ3) is 3.12. The Kier molecular flexibility index (Phi) is 4.11. The van der Waals surface area contributed by atoms with Crippen LogP contribution in [0.3, 0.4) is 0 Å². The summed E-state index contributed by atoms with van der Waals surface area (Å²) in [6.07, 6.45) is 0.666. The monoisotopic (exact) mass is 311 g/mol. The molecule has 2 aromatic carbocycles. The molecule has 3 aromatic rings. The van der Waals surface area contributed by atoms with Crippen LogP contribution in [0.5, 0.6) is 11.6 Å². The quantitative estimate of drug-likeness (QED) is 0.775. The zero-order valence-corrected chi connectivity index (χ0v) is 13.4. The molecule has 0 amide bonds. The van der Waals surface area contributed by atoms with Crippen molar-refractivity contribution in [2.75, 3.05) is 7.11 Å². The van der Waals surface area contributed by atoms with Crippen LogP contribution in [0.4, 0.5) is 0 Å². The van der Waals surface area contributed by atoms with Gasteiger partial charge in [0.15, 0.2) is 0 Å². The van der Waals surface area contributed by atoms with Gasteiger partial charge in [0.25, 0.3) is 0 Å². The summed E-state index contributed by atoms with van der Waals surface area (Å²) in [6, 6.07) is 16.0. The van der Waals surface area contributed by atoms with E-state index in [1.54, 1.807) is 7.11 Å². The van der Waals surface area contributed by atoms with Crippen molar-refractivity contribution in [3.05, 3.63) is 64.5 Å². The zero-order valence-electron chi connectivity index (χ0n) is 12.5. The van der Waals surface area contributed by atoms with Crippen molar-refractivity contribution in [2.24, 2.45) is 0 Å². The Bertz CT molecular complexity index is 761. The molecule has 0 unspecified atom stereocenters. The Morgan fingerprint density at radius 2 is 1.73 bits per heavy atom. The molecule has 22 heavy (non-hydrogen) atoms. The van der Waals surface area contributed by atoms with Gasteiger partial charge in [-0.15, -0.1) is 11.3 Å². The number of hydrogen-bond acceptors (Lipinski definition) is 4. The highest BCUT2D eigenvalue weighted by atomic mass is 32.1. The van der Waals surface area contributed by atoms with Gasteiger partial charge < -0.3 is 9.84 Å². The van der Waals surface area contributed by atoms with Gasteiger partial charge in [-0.3, -0.25) is 0 Å². The first-order chi connectivity index (χ1) is 10.7. The normalized spacial score (nSPS) is 10.6. The summed E-state index contributed by atoms with van der Waals surface area (Å²) in [5.74, 6) is 0.953. The van der Waals surface area contributed by atoms with Crippen LogP contribution in [0.25, 0.3) is 10.6 Å². The smallest absolute Gasteiger partial charge is 0.226 e. The predicted molar refractivity (Wildman–Crippen MR) is 89.8 cm³/mol. The molecular weight excluding hydrogens is 294 g/mol. The maximum Gasteiger partial charge on any atom is 0.226 e. The second-order valence-corrected chi connectivity index (χ2v) is 6.24. The van der Waals surface area contributed by atoms with Crippen LogP contribution >= 0.6 is 11.3 Å². The van der Waals surface area contributed by atoms with Gasteiger partial charge in [0, 0.05) is 12.0 Å². The highest BCUT2D eigenvalue weighted by Crippen LogP contribution is 2.33. The summed E-state index contributed by atoms with van der Waals surface area (Å²) >= 11 is 1.53. The molecule has 0 fully saturated rings. The summed E-state index contributed by atoms with van der Waals surface area (Å²) in [5.41, 5.74) is 3.37. The van der Waals surface area contributed by atoms with E-state index in [1.165, 1.54) is 16.9 Å². The molecule has 3 nitrogen and oxygen atoms in total. The van der Waals surface area contributed by atoms with Crippen LogP contribution in [-0.4, -0.2) is 17.2 Å². The predicted octanol–water partition coefficient (Wildman–Crippen LogP) is 4.42. The first-order valence-electron chi connectivity index (χ1n) is 7.04. The Hall–Kier alpha value is -2.33. The number of aryl methyl sites for hydroxylation is 1. The van der Waals surface area contributed by atoms with Crippen molar-refractivity contribution in [2.45, 2.75) is 13.3 Å². The summed E-state index contributed by atoms with van der Waals surface area (Å²) < 4.78 is 5.16. The summed E-state index contributed by atoms with van der Waals surface area (Å²) in [6.45, 7) is 2.05. The molecule has 0 radical (unpaired) electrons. The molecule has 4 heteroatoms. The van der Waals surface area contributed by atoms with E-state index in [1.807, 2.05) is 36.4 Å². The molecule has 112 valence electrons. The van der Waals surface area contributed by atoms with E-state index in [-0.39, 0.29) is 5.88 Å². The highest BCUT2D eigenvalue weighted by Gasteiger charge is 2.12. The van der Waals surface area contributed by atoms with Gasteiger partial charge in [-0.2, -0.15) is 0 Å². The molecule has 1 aromatic heterocycles. The number of hydrogen-bond donors (Lipinski definition) is 1. The van der Waals surface area contributed by atoms with Gasteiger partial charge in [-0.1, -0.05) is 42.0 Å². The molecular formula is C18H17NO2S. The van der Waals surface area contributed by atoms with Gasteiger partial charge in [-0.05, 0) is 24.6 Å². The van der Waals surface area contributed by atoms with Crippen molar-refractivity contribution in [1.29, 1.82) is 0 Å². The fourth-order valence-corrected chi connectivity index (χ4v) is 3.20. The summed E-state index contributed by atoms with van der Waals surface area (Å²) in [7, 11) is 1.65. The second-order valence-electron chi connectivity index (χ2n) is 5.16. The summed E-state index contributed by atoms with van der Waals surface area (Å²) in [4.78, 5) is 5.17. The standard InChI is InChI=1S/C18H17NO2S/c1-12-3-7-14(8-4-12)18-19-17(20)16(22-18)11-13-5-9-15(21-2)10-6-13/h3-10,20H,11H2,1-2H3. The number of thiazole rings is 1. The summed E-state index contributed by atoms with van der Waals surface area (Å²) in [5, 5.41) is 10.9. The second kappa shape index (κ2) is 6.20. The van der Waals surface area contributed by atoms with E-state index in [9.17, 15) is 5.11 Å². The number of benzene rings is 2. The van der Waals surface area contributed by atoms with E-state index >= 15 is 0 Å². The van der Waals surface area contributed by atoms with Gasteiger partial charge in [0.05, 0.1) is 12.0 Å². The van der Waals surface area contributed by atoms with Gasteiger partial charge in [0.2, 0.25) is 5.88 Å². The lowest BCUT2D eigenvalue weighted by atomic mass is 10.1. The number of rotatable bonds is 4. The molecule has 0 aliphatic carbocycles. The van der Waals surface area contributed by atoms with E-state index in [2.05, 4.69) is 24.0 Å². The Balaban J connectivity index is 1.84. The third-order valence-electron chi connectivity index (χ3n) is 3.50. The lowest BCUT2D eigenvalue weighted by Crippen LogP contribution is -1.87. The maximum absolute atomic E-state index is 10.1. The van der Waals surface area contributed by atoms with Crippen LogP contribution in [0.1, 0.15) is 16.0 Å². The molecule has 0 saturated carbocycles. The number of nitrogens with zero attached hydrogens (tertiary/aromatic N) is 1. The maximum atomic E-state index is 10.1. The number of methoxy groups -OCH3 is 1. The van der Waals surface area contributed by atoms with Crippen molar-refractivity contribution >= 4 is 11.3 Å². The first-order valence-corrected chi connectivity index (χ1v) is 7.86. The topological polar surface area (TPSA) is 42.4 Å². The zero-order chi connectivity index (χ0) is 15.5. The third-order valence-corrected chi connectivity index (χ3v) is 4.59. The van der Waals surface area contributed by atoms with Gasteiger partial charge >= 0.3 is 0 Å². The fourth-order valence-electron chi connectivity index (χ4n) is 2.21. The Morgan fingerprint density at radius 1 is 1.05 bits per heavy atom. The molecule has 0 aliphatic heterocycles. The molecule has 0 saturated heterocycles. The van der Waals surface area contributed by atoms with Crippen LogP contribution in [0.15, 0.2) is 48.5 Å². The fraction of sp³-hybridized carbons (Fsp3) is 0.167. The SMILES string of the molecule is COc1ccc(Cc2sc(-c3ccc(C)cc3)nc2O)cc1. The van der Waals surface area contributed by atoms with Crippen LogP contribution in [0, 0.1) is 6.92 Å². The van der Waals surface area contributed by atoms with Crippen molar-refractivity contribution in [1.82, 2.24) is 4.98 Å². The minimum absolute atomic E-state index is 0.122. The number of ether oxygens (including phenoxy) is 1. The van der Waals surface area contributed by atoms with Gasteiger partial charge in [-0.25, -0.2) is 4.98 Å². The molecule has 0 bridgehead atoms. The molecule has 0 spiro atoms. The average molecular weight is 311 g/mol. The number of aromatic hydroxyl groups is 1. The van der Waals surface area contributed by atoms with Crippen molar-refractivity contribution < 1.29 is 9.84 Å². The van der Waals surface area contributed by atoms with Crippen LogP contribution in [0.2, 0.25) is 0 Å². The van der Waals surface area contributed by atoms with E-state index < -0.39 is 0 Å². The average Bonchev–Trinajstić information content (AvgIpc) is 2.90. The molecule has 1 N–H and O–H groups in total. The van der Waals surface area contributed by atoms with Crippen LogP contribution in [-0.2, 0) is 6.42 Å². The van der Waals surface area contributed by atoms with E-state index in [0.29, 0.717) is 6.42 Å². The van der Waals surface area contributed by atoms with E-state index in [4.69, 9.17) is 4.74 Å². The lowest BCUT2D eigenvalue weighted by Gasteiger charge is -2.02. The molecule has 3 rings (SSSR count). The van der Waals surface area contributed by atoms with E-state index in [0.717, 1.165) is 26.8 Å². The highest BCUT2D eigenvalue weighted by molar-refractivity contribution is 7.15. The number of aromatic nitrogens is 1. The molecule has 1 heterocycles. The lowest BCUT2D eigenvalue weighted by molar-refractivity contribution is 0.414. The van der Waals surface area contributed by atoms with Gasteiger partial charge in [0.1, 0.15) is 10.8 Å². The molecule has 0 atom stereocenters. The Morgan fingerprint density at radius 3 is 2.36 bits per heavy atom. The molecule has 0 aliphatic rings. The first kappa shape index (κ1) is 14.6. The van der Waals surface area contributed by atoms with Crippen LogP contribution < -0.4 is 4.74 Å². The minimum atomic E-state index is 0.122. The largest absolute Gasteiger partial charge is 0.497 e. The van der Waals surface area contributed by atoms with Crippen molar-refractivity contribution in [3.63, 3.8) is 0 Å². The minimum Gasteiger partial charge on any atom is -0.497 e. The Labute approximate surface area is 133 Å². The van der Waals surface area contributed by atoms with Crippen molar-refractivity contribution in [3.8, 4) is 22.2 Å².